The number of piperazine rings is 1. The van der Waals surface area contributed by atoms with Crippen LogP contribution >= 0.6 is 0 Å². The monoisotopic (exact) mass is 496 g/mol. The van der Waals surface area contributed by atoms with Crippen LogP contribution in [0.3, 0.4) is 0 Å². The summed E-state index contributed by atoms with van der Waals surface area (Å²) in [4.78, 5) is 23.7. The molecule has 1 saturated heterocycles. The molecule has 0 bridgehead atoms. The third-order valence-corrected chi connectivity index (χ3v) is 6.45. The van der Waals surface area contributed by atoms with Crippen LogP contribution in [0.15, 0.2) is 77.8 Å². The highest BCUT2D eigenvalue weighted by molar-refractivity contribution is 6.54. The quantitative estimate of drug-likeness (QED) is 0.462. The first kappa shape index (κ1) is 24.1. The van der Waals surface area contributed by atoms with Crippen molar-refractivity contribution in [2.45, 2.75) is 12.7 Å². The molecule has 2 heterocycles. The zero-order valence-electron chi connectivity index (χ0n) is 19.4. The number of carbonyl (C=O) groups is 1. The van der Waals surface area contributed by atoms with Crippen molar-refractivity contribution in [2.24, 2.45) is 4.99 Å². The van der Waals surface area contributed by atoms with Crippen LogP contribution in [0.5, 0.6) is 0 Å². The Kier molecular flexibility index (Phi) is 6.59. The van der Waals surface area contributed by atoms with Gasteiger partial charge in [-0.15, -0.1) is 0 Å². The summed E-state index contributed by atoms with van der Waals surface area (Å²) in [7, 11) is 0. The molecule has 2 aliphatic rings. The topological polar surface area (TPSA) is 39.2 Å². The number of rotatable bonds is 5. The second-order valence-electron chi connectivity index (χ2n) is 8.89. The lowest BCUT2D eigenvalue weighted by Gasteiger charge is -2.36. The van der Waals surface area contributed by atoms with Crippen molar-refractivity contribution >= 4 is 23.0 Å². The van der Waals surface area contributed by atoms with Gasteiger partial charge in [0.25, 0.3) is 5.91 Å². The molecule has 1 fully saturated rings. The minimum atomic E-state index is -4.85. The number of alkyl halides is 3. The van der Waals surface area contributed by atoms with Crippen molar-refractivity contribution in [3.05, 3.63) is 95.3 Å². The molecule has 5 nitrogen and oxygen atoms in total. The number of nitrogens with zero attached hydrogens (tertiary/aromatic N) is 4. The van der Waals surface area contributed by atoms with Crippen LogP contribution < -0.4 is 4.90 Å². The van der Waals surface area contributed by atoms with Crippen molar-refractivity contribution in [2.75, 3.05) is 37.7 Å². The Balaban J connectivity index is 1.32. The first-order valence-electron chi connectivity index (χ1n) is 11.6. The lowest BCUT2D eigenvalue weighted by Crippen LogP contribution is -2.50. The largest absolute Gasteiger partial charge is 0.419 e. The summed E-state index contributed by atoms with van der Waals surface area (Å²) < 4.78 is 53.2. The van der Waals surface area contributed by atoms with E-state index in [4.69, 9.17) is 0 Å². The summed E-state index contributed by atoms with van der Waals surface area (Å²) in [6.07, 6.45) is -4.85. The standard InChI is InChI=1S/C27H24F4N4O/c28-23-11-10-20(16-22(23)27(29,30)31)32-25-21-8-4-5-9-24(21)35(26(25)36)18-34-14-12-33(13-15-34)17-19-6-2-1-3-7-19/h1-11,16H,12-15,17-18H2. The van der Waals surface area contributed by atoms with Crippen LogP contribution in [-0.2, 0) is 17.5 Å². The molecule has 0 spiro atoms. The molecule has 186 valence electrons. The smallest absolute Gasteiger partial charge is 0.297 e. The maximum absolute atomic E-state index is 13.7. The number of para-hydroxylation sites is 1. The molecular weight excluding hydrogens is 472 g/mol. The average molecular weight is 497 g/mol. The molecule has 0 aliphatic carbocycles. The van der Waals surface area contributed by atoms with Gasteiger partial charge in [0.1, 0.15) is 11.5 Å². The normalized spacial score (nSPS) is 18.2. The molecule has 0 aromatic heterocycles. The van der Waals surface area contributed by atoms with Gasteiger partial charge in [-0.2, -0.15) is 13.2 Å². The van der Waals surface area contributed by atoms with Crippen LogP contribution in [0.25, 0.3) is 0 Å². The van der Waals surface area contributed by atoms with Crippen molar-refractivity contribution in [3.63, 3.8) is 0 Å². The number of anilines is 1. The van der Waals surface area contributed by atoms with Gasteiger partial charge in [-0.3, -0.25) is 19.5 Å². The van der Waals surface area contributed by atoms with E-state index in [1.807, 2.05) is 18.2 Å². The number of carbonyl (C=O) groups excluding carboxylic acids is 1. The Bertz CT molecular complexity index is 1280. The molecule has 3 aromatic rings. The van der Waals surface area contributed by atoms with Gasteiger partial charge >= 0.3 is 6.18 Å². The van der Waals surface area contributed by atoms with E-state index in [1.165, 1.54) is 5.56 Å². The Morgan fingerprint density at radius 1 is 0.833 bits per heavy atom. The van der Waals surface area contributed by atoms with E-state index in [0.717, 1.165) is 44.9 Å². The molecule has 1 amide bonds. The number of amides is 1. The van der Waals surface area contributed by atoms with Crippen LogP contribution in [0.2, 0.25) is 0 Å². The Hall–Kier alpha value is -3.56. The first-order valence-corrected chi connectivity index (χ1v) is 11.6. The van der Waals surface area contributed by atoms with Gasteiger partial charge in [0.05, 0.1) is 23.6 Å². The van der Waals surface area contributed by atoms with Crippen molar-refractivity contribution < 1.29 is 22.4 Å². The van der Waals surface area contributed by atoms with Crippen LogP contribution in [0, 0.1) is 5.82 Å². The van der Waals surface area contributed by atoms with Crippen molar-refractivity contribution in [1.29, 1.82) is 0 Å². The fourth-order valence-corrected chi connectivity index (χ4v) is 4.57. The predicted octanol–water partition coefficient (Wildman–Crippen LogP) is 5.09. The lowest BCUT2D eigenvalue weighted by atomic mass is 10.1. The van der Waals surface area contributed by atoms with Gasteiger partial charge in [0.2, 0.25) is 0 Å². The Morgan fingerprint density at radius 3 is 2.22 bits per heavy atom. The van der Waals surface area contributed by atoms with Gasteiger partial charge in [-0.05, 0) is 29.8 Å². The number of aliphatic imine (C=N–C) groups is 1. The molecule has 36 heavy (non-hydrogen) atoms. The third kappa shape index (κ3) is 5.03. The van der Waals surface area contributed by atoms with Gasteiger partial charge in [0, 0.05) is 38.3 Å². The minimum Gasteiger partial charge on any atom is -0.297 e. The fraction of sp³-hybridized carbons (Fsp3) is 0.259. The Labute approximate surface area is 206 Å². The maximum atomic E-state index is 13.7. The van der Waals surface area contributed by atoms with Gasteiger partial charge in [-0.1, -0.05) is 48.5 Å². The van der Waals surface area contributed by atoms with Gasteiger partial charge < -0.3 is 0 Å². The molecule has 0 saturated carbocycles. The minimum absolute atomic E-state index is 0.0491. The molecule has 0 atom stereocenters. The van der Waals surface area contributed by atoms with Crippen LogP contribution in [0.1, 0.15) is 16.7 Å². The predicted molar refractivity (Wildman–Crippen MR) is 130 cm³/mol. The van der Waals surface area contributed by atoms with E-state index in [-0.39, 0.29) is 17.3 Å². The van der Waals surface area contributed by atoms with Gasteiger partial charge in [0.15, 0.2) is 0 Å². The van der Waals surface area contributed by atoms with Gasteiger partial charge in [-0.25, -0.2) is 9.38 Å². The summed E-state index contributed by atoms with van der Waals surface area (Å²) in [5, 5.41) is 0. The molecule has 0 radical (unpaired) electrons. The van der Waals surface area contributed by atoms with Crippen molar-refractivity contribution in [1.82, 2.24) is 9.80 Å². The molecule has 9 heteroatoms. The summed E-state index contributed by atoms with van der Waals surface area (Å²) in [5.41, 5.74) is 0.971. The van der Waals surface area contributed by atoms with Crippen LogP contribution in [0.4, 0.5) is 28.9 Å². The summed E-state index contributed by atoms with van der Waals surface area (Å²) in [5.74, 6) is -1.77. The fourth-order valence-electron chi connectivity index (χ4n) is 4.57. The number of fused-ring (bicyclic) bond motifs is 1. The number of hydrogen-bond donors (Lipinski definition) is 0. The first-order chi connectivity index (χ1) is 17.3. The zero-order chi connectivity index (χ0) is 25.3. The summed E-state index contributed by atoms with van der Waals surface area (Å²) in [6, 6.07) is 19.8. The SMILES string of the molecule is O=C1C(=Nc2ccc(F)c(C(F)(F)F)c2)c2ccccc2N1CN1CCN(Cc2ccccc2)CC1. The van der Waals surface area contributed by atoms with E-state index in [1.54, 1.807) is 29.2 Å². The molecule has 2 aliphatic heterocycles. The van der Waals surface area contributed by atoms with Crippen molar-refractivity contribution in [3.8, 4) is 0 Å². The molecule has 0 unspecified atom stereocenters. The average Bonchev–Trinajstić information content (AvgIpc) is 3.12. The highest BCUT2D eigenvalue weighted by Gasteiger charge is 2.37. The molecule has 5 rings (SSSR count). The number of benzene rings is 3. The summed E-state index contributed by atoms with van der Waals surface area (Å²) in [6.45, 7) is 4.49. The van der Waals surface area contributed by atoms with E-state index in [2.05, 4.69) is 26.9 Å². The highest BCUT2D eigenvalue weighted by Crippen LogP contribution is 2.35. The van der Waals surface area contributed by atoms with E-state index < -0.39 is 17.6 Å². The Morgan fingerprint density at radius 2 is 1.50 bits per heavy atom. The van der Waals surface area contributed by atoms with Crippen LogP contribution in [-0.4, -0.2) is 54.3 Å². The maximum Gasteiger partial charge on any atom is 0.419 e. The zero-order valence-corrected chi connectivity index (χ0v) is 19.4. The second-order valence-corrected chi connectivity index (χ2v) is 8.89. The van der Waals surface area contributed by atoms with E-state index in [0.29, 0.717) is 24.0 Å². The lowest BCUT2D eigenvalue weighted by molar-refractivity contribution is -0.139. The molecule has 3 aromatic carbocycles. The highest BCUT2D eigenvalue weighted by atomic mass is 19.4. The third-order valence-electron chi connectivity index (χ3n) is 6.45. The second kappa shape index (κ2) is 9.83. The molecule has 0 N–H and O–H groups in total. The number of halogens is 4. The van der Waals surface area contributed by atoms with E-state index in [9.17, 15) is 22.4 Å². The van der Waals surface area contributed by atoms with E-state index >= 15 is 0 Å². The molecular formula is C27H24F4N4O. The number of hydrogen-bond acceptors (Lipinski definition) is 4. The summed E-state index contributed by atoms with van der Waals surface area (Å²) >= 11 is 0.